The number of carbonyl (C=O) groups is 1. The van der Waals surface area contributed by atoms with Crippen molar-refractivity contribution >= 4 is 46.3 Å². The van der Waals surface area contributed by atoms with Crippen molar-refractivity contribution in [1.29, 1.82) is 0 Å². The molecule has 0 saturated carbocycles. The Bertz CT molecular complexity index is 1280. The third-order valence-electron chi connectivity index (χ3n) is 5.39. The number of hydrogen-bond acceptors (Lipinski definition) is 7. The number of aromatic nitrogens is 3. The van der Waals surface area contributed by atoms with Crippen molar-refractivity contribution in [3.8, 4) is 10.7 Å². The normalized spacial score (nSPS) is 16.8. The molecule has 3 aromatic heterocycles. The van der Waals surface area contributed by atoms with Gasteiger partial charge in [-0.25, -0.2) is 5.01 Å². The van der Waals surface area contributed by atoms with Gasteiger partial charge < -0.3 is 8.98 Å². The Balaban J connectivity index is 1.39. The highest BCUT2D eigenvalue weighted by atomic mass is 35.5. The van der Waals surface area contributed by atoms with Gasteiger partial charge in [-0.2, -0.15) is 5.10 Å². The van der Waals surface area contributed by atoms with E-state index in [1.807, 2.05) is 72.4 Å². The first kappa shape index (κ1) is 21.9. The van der Waals surface area contributed by atoms with Crippen LogP contribution in [0.5, 0.6) is 0 Å². The van der Waals surface area contributed by atoms with Crippen LogP contribution in [0.25, 0.3) is 10.7 Å². The Morgan fingerprint density at radius 2 is 2.03 bits per heavy atom. The summed E-state index contributed by atoms with van der Waals surface area (Å²) >= 11 is 9.01. The lowest BCUT2D eigenvalue weighted by atomic mass is 10.0. The van der Waals surface area contributed by atoms with Crippen LogP contribution in [0.3, 0.4) is 0 Å². The minimum Gasteiger partial charge on any atom is -0.467 e. The molecule has 0 radical (unpaired) electrons. The summed E-state index contributed by atoms with van der Waals surface area (Å²) in [5.74, 6) is 1.36. The van der Waals surface area contributed by atoms with Gasteiger partial charge in [0, 0.05) is 18.5 Å². The van der Waals surface area contributed by atoms with Crippen LogP contribution in [0.1, 0.15) is 30.7 Å². The number of hydrazone groups is 1. The summed E-state index contributed by atoms with van der Waals surface area (Å²) in [5.41, 5.74) is 1.75. The van der Waals surface area contributed by atoms with Crippen molar-refractivity contribution in [1.82, 2.24) is 19.8 Å². The number of thiophene rings is 1. The fourth-order valence-electron chi connectivity index (χ4n) is 3.67. The summed E-state index contributed by atoms with van der Waals surface area (Å²) in [4.78, 5) is 14.5. The molecule has 2 atom stereocenters. The van der Waals surface area contributed by atoms with Gasteiger partial charge in [0.05, 0.1) is 22.1 Å². The maximum atomic E-state index is 13.5. The first-order valence-electron chi connectivity index (χ1n) is 10.3. The molecule has 2 unspecified atom stereocenters. The number of rotatable bonds is 6. The molecular weight excluding hydrogens is 478 g/mol. The number of nitrogens with zero attached hydrogens (tertiary/aromatic N) is 5. The third kappa shape index (κ3) is 4.36. The third-order valence-corrected chi connectivity index (χ3v) is 7.63. The average molecular weight is 498 g/mol. The number of amides is 1. The lowest BCUT2D eigenvalue weighted by Gasteiger charge is -2.22. The zero-order chi connectivity index (χ0) is 22.9. The maximum absolute atomic E-state index is 13.5. The molecule has 10 heteroatoms. The quantitative estimate of drug-likeness (QED) is 0.322. The Labute approximate surface area is 204 Å². The first-order chi connectivity index (χ1) is 16.0. The number of hydrogen-bond donors (Lipinski definition) is 0. The fraction of sp³-hybridized carbons (Fsp3) is 0.217. The van der Waals surface area contributed by atoms with Crippen molar-refractivity contribution < 1.29 is 9.21 Å². The highest BCUT2D eigenvalue weighted by Gasteiger charge is 2.37. The van der Waals surface area contributed by atoms with E-state index >= 15 is 0 Å². The van der Waals surface area contributed by atoms with E-state index < -0.39 is 5.25 Å². The van der Waals surface area contributed by atoms with Gasteiger partial charge in [0.15, 0.2) is 11.0 Å². The van der Waals surface area contributed by atoms with Crippen LogP contribution < -0.4 is 0 Å². The topological polar surface area (TPSA) is 76.5 Å². The van der Waals surface area contributed by atoms with Gasteiger partial charge in [0.25, 0.3) is 5.91 Å². The summed E-state index contributed by atoms with van der Waals surface area (Å²) in [6, 6.07) is 14.8. The van der Waals surface area contributed by atoms with E-state index in [2.05, 4.69) is 10.2 Å². The second-order valence-electron chi connectivity index (χ2n) is 7.57. The standard InChI is InChI=1S/C23H20ClN5O2S2/c1-14(33-23-26-25-21(28(23)2)20-6-4-12-32-20)22(30)29-18(19-5-3-11-31-19)13-17(27-29)15-7-9-16(24)10-8-15/h3-12,14,18H,13H2,1-2H3. The van der Waals surface area contributed by atoms with E-state index in [-0.39, 0.29) is 11.9 Å². The second kappa shape index (κ2) is 9.17. The highest BCUT2D eigenvalue weighted by Crippen LogP contribution is 2.36. The first-order valence-corrected chi connectivity index (χ1v) is 12.4. The molecule has 168 valence electrons. The molecule has 5 rings (SSSR count). The molecule has 0 bridgehead atoms. The number of carbonyl (C=O) groups excluding carboxylic acids is 1. The van der Waals surface area contributed by atoms with Crippen LogP contribution in [-0.2, 0) is 11.8 Å². The van der Waals surface area contributed by atoms with Crippen molar-refractivity contribution in [2.75, 3.05) is 0 Å². The second-order valence-corrected chi connectivity index (χ2v) is 10.3. The minimum absolute atomic E-state index is 0.119. The Kier molecular flexibility index (Phi) is 6.09. The molecule has 7 nitrogen and oxygen atoms in total. The van der Waals surface area contributed by atoms with Gasteiger partial charge in [-0.1, -0.05) is 41.6 Å². The fourth-order valence-corrected chi connectivity index (χ4v) is 5.39. The number of furan rings is 1. The van der Waals surface area contributed by atoms with Crippen LogP contribution in [0.4, 0.5) is 0 Å². The van der Waals surface area contributed by atoms with Gasteiger partial charge >= 0.3 is 0 Å². The zero-order valence-electron chi connectivity index (χ0n) is 17.9. The molecule has 4 aromatic rings. The summed E-state index contributed by atoms with van der Waals surface area (Å²) in [5, 5.41) is 17.8. The lowest BCUT2D eigenvalue weighted by molar-refractivity contribution is -0.132. The summed E-state index contributed by atoms with van der Waals surface area (Å²) in [6.45, 7) is 1.86. The van der Waals surface area contributed by atoms with E-state index in [0.717, 1.165) is 22.0 Å². The van der Waals surface area contributed by atoms with Crippen LogP contribution in [-0.4, -0.2) is 36.6 Å². The predicted octanol–water partition coefficient (Wildman–Crippen LogP) is 5.65. The highest BCUT2D eigenvalue weighted by molar-refractivity contribution is 8.00. The van der Waals surface area contributed by atoms with Crippen molar-refractivity contribution in [3.63, 3.8) is 0 Å². The monoisotopic (exact) mass is 497 g/mol. The molecule has 0 fully saturated rings. The van der Waals surface area contributed by atoms with Crippen LogP contribution in [0, 0.1) is 0 Å². The smallest absolute Gasteiger partial charge is 0.256 e. The molecule has 1 aliphatic rings. The summed E-state index contributed by atoms with van der Waals surface area (Å²) < 4.78 is 7.56. The van der Waals surface area contributed by atoms with Gasteiger partial charge in [0.2, 0.25) is 0 Å². The predicted molar refractivity (Wildman–Crippen MR) is 131 cm³/mol. The van der Waals surface area contributed by atoms with Crippen molar-refractivity contribution in [2.24, 2.45) is 12.1 Å². The van der Waals surface area contributed by atoms with E-state index in [9.17, 15) is 4.79 Å². The van der Waals surface area contributed by atoms with Gasteiger partial charge in [0.1, 0.15) is 11.8 Å². The molecule has 0 aliphatic carbocycles. The average Bonchev–Trinajstić information content (AvgIpc) is 3.61. The van der Waals surface area contributed by atoms with E-state index in [1.165, 1.54) is 16.8 Å². The van der Waals surface area contributed by atoms with Crippen molar-refractivity contribution in [3.05, 3.63) is 76.5 Å². The molecular formula is C23H20ClN5O2S2. The summed E-state index contributed by atoms with van der Waals surface area (Å²) in [7, 11) is 1.91. The Hall–Kier alpha value is -2.88. The molecule has 1 aliphatic heterocycles. The number of benzene rings is 1. The maximum Gasteiger partial charge on any atom is 0.256 e. The minimum atomic E-state index is -0.421. The lowest BCUT2D eigenvalue weighted by Crippen LogP contribution is -2.33. The Morgan fingerprint density at radius 3 is 2.73 bits per heavy atom. The molecule has 0 spiro atoms. The molecule has 33 heavy (non-hydrogen) atoms. The molecule has 1 amide bonds. The number of halogens is 1. The van der Waals surface area contributed by atoms with Crippen LogP contribution in [0.2, 0.25) is 5.02 Å². The van der Waals surface area contributed by atoms with E-state index in [1.54, 1.807) is 17.6 Å². The van der Waals surface area contributed by atoms with Gasteiger partial charge in [-0.3, -0.25) is 4.79 Å². The molecule has 0 N–H and O–H groups in total. The number of thioether (sulfide) groups is 1. The summed E-state index contributed by atoms with van der Waals surface area (Å²) in [6.07, 6.45) is 2.17. The van der Waals surface area contributed by atoms with Gasteiger partial charge in [-0.05, 0) is 48.2 Å². The molecule has 4 heterocycles. The zero-order valence-corrected chi connectivity index (χ0v) is 20.3. The molecule has 1 aromatic carbocycles. The Morgan fingerprint density at radius 1 is 1.21 bits per heavy atom. The SMILES string of the molecule is CC(Sc1nnc(-c2cccs2)n1C)C(=O)N1N=C(c2ccc(Cl)cc2)CC1c1ccco1. The van der Waals surface area contributed by atoms with Gasteiger partial charge in [-0.15, -0.1) is 21.5 Å². The van der Waals surface area contributed by atoms with Crippen molar-refractivity contribution in [2.45, 2.75) is 29.8 Å². The van der Waals surface area contributed by atoms with Crippen LogP contribution in [0.15, 0.2) is 74.8 Å². The largest absolute Gasteiger partial charge is 0.467 e. The van der Waals surface area contributed by atoms with Crippen LogP contribution >= 0.6 is 34.7 Å². The molecule has 0 saturated heterocycles. The van der Waals surface area contributed by atoms with E-state index in [4.69, 9.17) is 21.1 Å². The van der Waals surface area contributed by atoms with E-state index in [0.29, 0.717) is 22.4 Å².